The molecule has 0 radical (unpaired) electrons. The van der Waals surface area contributed by atoms with Gasteiger partial charge in [-0.1, -0.05) is 0 Å². The first-order valence-corrected chi connectivity index (χ1v) is 5.11. The van der Waals surface area contributed by atoms with Crippen molar-refractivity contribution in [1.82, 2.24) is 4.98 Å². The summed E-state index contributed by atoms with van der Waals surface area (Å²) in [7, 11) is 0. The van der Waals surface area contributed by atoms with Crippen LogP contribution in [0.15, 0.2) is 5.38 Å². The zero-order valence-corrected chi connectivity index (χ0v) is 9.11. The average Bonchev–Trinajstić information content (AvgIpc) is 2.48. The molecule has 1 N–H and O–H groups in total. The van der Waals surface area contributed by atoms with Gasteiger partial charge in [-0.2, -0.15) is 13.2 Å². The minimum atomic E-state index is -4.42. The van der Waals surface area contributed by atoms with Crippen molar-refractivity contribution in [3.05, 3.63) is 11.1 Å². The van der Waals surface area contributed by atoms with Crippen LogP contribution in [0.25, 0.3) is 0 Å². The first-order valence-electron chi connectivity index (χ1n) is 4.23. The Hall–Kier alpha value is -1.15. The highest BCUT2D eigenvalue weighted by Crippen LogP contribution is 2.15. The van der Waals surface area contributed by atoms with Gasteiger partial charge in [-0.05, 0) is 6.92 Å². The lowest BCUT2D eigenvalue weighted by atomic mass is 10.6. The topological polar surface area (TPSA) is 51.2 Å². The number of carbonyl (C=O) groups is 1. The standard InChI is InChI=1S/C8H9F3N2O2S/c1-5-3-16-7(12-5)13-6(14)2-15-4-8(9,10)11/h3H,2,4H2,1H3,(H,12,13,14). The molecule has 0 unspecified atom stereocenters. The second-order valence-electron chi connectivity index (χ2n) is 2.95. The maximum Gasteiger partial charge on any atom is 0.411 e. The van der Waals surface area contributed by atoms with Gasteiger partial charge >= 0.3 is 6.18 Å². The number of halogens is 3. The van der Waals surface area contributed by atoms with E-state index in [1.807, 2.05) is 0 Å². The molecular weight excluding hydrogens is 245 g/mol. The monoisotopic (exact) mass is 254 g/mol. The van der Waals surface area contributed by atoms with Gasteiger partial charge in [0.2, 0.25) is 0 Å². The van der Waals surface area contributed by atoms with E-state index in [2.05, 4.69) is 15.0 Å². The molecule has 90 valence electrons. The third-order valence-corrected chi connectivity index (χ3v) is 2.24. The van der Waals surface area contributed by atoms with Gasteiger partial charge in [-0.3, -0.25) is 10.1 Å². The van der Waals surface area contributed by atoms with E-state index in [0.717, 1.165) is 5.69 Å². The van der Waals surface area contributed by atoms with Gasteiger partial charge in [0.1, 0.15) is 13.2 Å². The zero-order valence-electron chi connectivity index (χ0n) is 8.30. The van der Waals surface area contributed by atoms with Crippen LogP contribution in [0.3, 0.4) is 0 Å². The molecule has 4 nitrogen and oxygen atoms in total. The lowest BCUT2D eigenvalue weighted by Crippen LogP contribution is -2.23. The molecule has 0 fully saturated rings. The molecule has 0 atom stereocenters. The second-order valence-corrected chi connectivity index (χ2v) is 3.81. The number of thiazole rings is 1. The number of hydrogen-bond acceptors (Lipinski definition) is 4. The van der Waals surface area contributed by atoms with Crippen LogP contribution in [0.4, 0.5) is 18.3 Å². The van der Waals surface area contributed by atoms with E-state index in [0.29, 0.717) is 5.13 Å². The quantitative estimate of drug-likeness (QED) is 0.893. The molecule has 1 heterocycles. The minimum absolute atomic E-state index is 0.345. The van der Waals surface area contributed by atoms with Crippen LogP contribution in [-0.2, 0) is 9.53 Å². The first kappa shape index (κ1) is 12.9. The fourth-order valence-corrected chi connectivity index (χ4v) is 1.53. The van der Waals surface area contributed by atoms with Crippen molar-refractivity contribution in [3.8, 4) is 0 Å². The number of nitrogens with one attached hydrogen (secondary N) is 1. The second kappa shape index (κ2) is 5.26. The molecule has 1 rings (SSSR count). The summed E-state index contributed by atoms with van der Waals surface area (Å²) < 4.78 is 39.2. The lowest BCUT2D eigenvalue weighted by molar-refractivity contribution is -0.174. The minimum Gasteiger partial charge on any atom is -0.362 e. The SMILES string of the molecule is Cc1csc(NC(=O)COCC(F)(F)F)n1. The Bertz CT molecular complexity index is 364. The van der Waals surface area contributed by atoms with E-state index < -0.39 is 25.3 Å². The number of aromatic nitrogens is 1. The van der Waals surface area contributed by atoms with Crippen LogP contribution in [0.2, 0.25) is 0 Å². The molecule has 0 saturated carbocycles. The fourth-order valence-electron chi connectivity index (χ4n) is 0.826. The Kier molecular flexibility index (Phi) is 4.25. The summed E-state index contributed by atoms with van der Waals surface area (Å²) in [4.78, 5) is 15.0. The third-order valence-electron chi connectivity index (χ3n) is 1.36. The largest absolute Gasteiger partial charge is 0.411 e. The van der Waals surface area contributed by atoms with Crippen LogP contribution in [0, 0.1) is 6.92 Å². The maximum absolute atomic E-state index is 11.7. The predicted octanol–water partition coefficient (Wildman–Crippen LogP) is 1.97. The molecule has 0 saturated heterocycles. The van der Waals surface area contributed by atoms with E-state index >= 15 is 0 Å². The van der Waals surface area contributed by atoms with Crippen LogP contribution in [0.5, 0.6) is 0 Å². The van der Waals surface area contributed by atoms with E-state index in [9.17, 15) is 18.0 Å². The van der Waals surface area contributed by atoms with Gasteiger partial charge in [0.25, 0.3) is 5.91 Å². The normalized spacial score (nSPS) is 11.5. The van der Waals surface area contributed by atoms with E-state index in [-0.39, 0.29) is 0 Å². The van der Waals surface area contributed by atoms with Crippen LogP contribution in [0.1, 0.15) is 5.69 Å². The number of anilines is 1. The average molecular weight is 254 g/mol. The Morgan fingerprint density at radius 1 is 1.62 bits per heavy atom. The summed E-state index contributed by atoms with van der Waals surface area (Å²) in [6.45, 7) is -0.332. The number of alkyl halides is 3. The molecule has 16 heavy (non-hydrogen) atoms. The van der Waals surface area contributed by atoms with Gasteiger partial charge < -0.3 is 4.74 Å². The lowest BCUT2D eigenvalue weighted by Gasteiger charge is -2.06. The predicted molar refractivity (Wildman–Crippen MR) is 52.4 cm³/mol. The fraction of sp³-hybridized carbons (Fsp3) is 0.500. The van der Waals surface area contributed by atoms with Crippen LogP contribution < -0.4 is 5.32 Å². The zero-order chi connectivity index (χ0) is 12.2. The first-order chi connectivity index (χ1) is 7.37. The Labute approximate surface area is 93.4 Å². The highest BCUT2D eigenvalue weighted by Gasteiger charge is 2.27. The molecule has 0 bridgehead atoms. The van der Waals surface area contributed by atoms with Crippen molar-refractivity contribution in [2.24, 2.45) is 0 Å². The summed E-state index contributed by atoms with van der Waals surface area (Å²) in [5.41, 5.74) is 0.733. The molecule has 0 aliphatic rings. The third kappa shape index (κ3) is 5.08. The van der Waals surface area contributed by atoms with Gasteiger partial charge in [0, 0.05) is 5.38 Å². The van der Waals surface area contributed by atoms with Crippen molar-refractivity contribution in [1.29, 1.82) is 0 Å². The molecular formula is C8H9F3N2O2S. The summed E-state index contributed by atoms with van der Waals surface area (Å²) >= 11 is 1.20. The number of amides is 1. The number of carbonyl (C=O) groups excluding carboxylic acids is 1. The van der Waals surface area contributed by atoms with Crippen molar-refractivity contribution in [2.75, 3.05) is 18.5 Å². The van der Waals surface area contributed by atoms with Crippen LogP contribution in [-0.4, -0.2) is 30.3 Å². The number of hydrogen-bond donors (Lipinski definition) is 1. The van der Waals surface area contributed by atoms with E-state index in [1.54, 1.807) is 12.3 Å². The van der Waals surface area contributed by atoms with E-state index in [1.165, 1.54) is 11.3 Å². The molecule has 0 spiro atoms. The number of ether oxygens (including phenoxy) is 1. The summed E-state index contributed by atoms with van der Waals surface area (Å²) in [6, 6.07) is 0. The number of rotatable bonds is 4. The Morgan fingerprint density at radius 3 is 2.81 bits per heavy atom. The van der Waals surface area contributed by atoms with Gasteiger partial charge in [-0.15, -0.1) is 11.3 Å². The van der Waals surface area contributed by atoms with Crippen molar-refractivity contribution in [2.45, 2.75) is 13.1 Å². The molecule has 1 aromatic heterocycles. The van der Waals surface area contributed by atoms with Gasteiger partial charge in [0.15, 0.2) is 5.13 Å². The van der Waals surface area contributed by atoms with Gasteiger partial charge in [-0.25, -0.2) is 4.98 Å². The molecule has 1 aromatic rings. The molecule has 0 aliphatic heterocycles. The van der Waals surface area contributed by atoms with Crippen molar-refractivity contribution < 1.29 is 22.7 Å². The number of aryl methyl sites for hydroxylation is 1. The van der Waals surface area contributed by atoms with E-state index in [4.69, 9.17) is 0 Å². The summed E-state index contributed by atoms with van der Waals surface area (Å²) in [5, 5.41) is 4.39. The Balaban J connectivity index is 2.26. The molecule has 1 amide bonds. The molecule has 8 heteroatoms. The van der Waals surface area contributed by atoms with Crippen molar-refractivity contribution in [3.63, 3.8) is 0 Å². The highest BCUT2D eigenvalue weighted by molar-refractivity contribution is 7.13. The van der Waals surface area contributed by atoms with Gasteiger partial charge in [0.05, 0.1) is 5.69 Å². The summed E-state index contributed by atoms with van der Waals surface area (Å²) in [5.74, 6) is -0.654. The number of nitrogens with zero attached hydrogens (tertiary/aromatic N) is 1. The van der Waals surface area contributed by atoms with Crippen molar-refractivity contribution >= 4 is 22.4 Å². The molecule has 0 aromatic carbocycles. The summed E-state index contributed by atoms with van der Waals surface area (Å²) in [6.07, 6.45) is -4.42. The Morgan fingerprint density at radius 2 is 2.31 bits per heavy atom. The smallest absolute Gasteiger partial charge is 0.362 e. The molecule has 0 aliphatic carbocycles. The highest BCUT2D eigenvalue weighted by atomic mass is 32.1. The maximum atomic E-state index is 11.7. The van der Waals surface area contributed by atoms with Crippen LogP contribution >= 0.6 is 11.3 Å².